The summed E-state index contributed by atoms with van der Waals surface area (Å²) in [6.45, 7) is 1.40. The smallest absolute Gasteiger partial charge is 0.344 e. The lowest BCUT2D eigenvalue weighted by atomic mass is 10.2. The van der Waals surface area contributed by atoms with Gasteiger partial charge in [0.05, 0.1) is 0 Å². The Morgan fingerprint density at radius 1 is 1.47 bits per heavy atom. The van der Waals surface area contributed by atoms with Crippen molar-refractivity contribution in [3.05, 3.63) is 29.8 Å². The van der Waals surface area contributed by atoms with Crippen LogP contribution in [0.1, 0.15) is 17.3 Å². The van der Waals surface area contributed by atoms with Crippen molar-refractivity contribution in [2.75, 3.05) is 0 Å². The lowest BCUT2D eigenvalue weighted by molar-refractivity contribution is -0.144. The molecule has 0 heterocycles. The van der Waals surface area contributed by atoms with Gasteiger partial charge in [0.1, 0.15) is 5.75 Å². The maximum absolute atomic E-state index is 10.8. The molecule has 1 atom stereocenters. The first kappa shape index (κ1) is 11.0. The number of carbonyl (C=O) groups is 2. The van der Waals surface area contributed by atoms with Crippen LogP contribution < -0.4 is 10.5 Å². The largest absolute Gasteiger partial charge is 0.479 e. The summed E-state index contributed by atoms with van der Waals surface area (Å²) >= 11 is 0. The summed E-state index contributed by atoms with van der Waals surface area (Å²) in [6, 6.07) is 6.07. The van der Waals surface area contributed by atoms with E-state index in [0.717, 1.165) is 0 Å². The summed E-state index contributed by atoms with van der Waals surface area (Å²) in [7, 11) is 0. The number of hydrogen-bond acceptors (Lipinski definition) is 3. The third-order valence-electron chi connectivity index (χ3n) is 1.78. The molecule has 3 N–H and O–H groups in total. The lowest BCUT2D eigenvalue weighted by Gasteiger charge is -2.10. The second-order valence-electron chi connectivity index (χ2n) is 2.99. The molecule has 15 heavy (non-hydrogen) atoms. The van der Waals surface area contributed by atoms with Crippen LogP contribution in [-0.2, 0) is 4.79 Å². The van der Waals surface area contributed by atoms with E-state index in [-0.39, 0.29) is 5.56 Å². The summed E-state index contributed by atoms with van der Waals surface area (Å²) in [5.74, 6) is -1.34. The van der Waals surface area contributed by atoms with Crippen LogP contribution in [0.25, 0.3) is 0 Å². The summed E-state index contributed by atoms with van der Waals surface area (Å²) in [4.78, 5) is 21.3. The second kappa shape index (κ2) is 4.45. The molecule has 1 aromatic rings. The molecular weight excluding hydrogens is 198 g/mol. The van der Waals surface area contributed by atoms with Gasteiger partial charge in [0.15, 0.2) is 6.10 Å². The van der Waals surface area contributed by atoms with E-state index in [9.17, 15) is 9.59 Å². The monoisotopic (exact) mass is 209 g/mol. The maximum Gasteiger partial charge on any atom is 0.344 e. The first-order valence-electron chi connectivity index (χ1n) is 4.30. The van der Waals surface area contributed by atoms with E-state index < -0.39 is 18.0 Å². The van der Waals surface area contributed by atoms with Crippen molar-refractivity contribution in [3.63, 3.8) is 0 Å². The standard InChI is InChI=1S/C10H11NO4/c1-6(10(13)14)15-8-4-2-3-7(5-8)9(11)12/h2-6H,1H3,(H2,11,12)(H,13,14). The third kappa shape index (κ3) is 2.98. The van der Waals surface area contributed by atoms with Crippen LogP contribution >= 0.6 is 0 Å². The van der Waals surface area contributed by atoms with E-state index >= 15 is 0 Å². The number of primary amides is 1. The van der Waals surface area contributed by atoms with Crippen molar-refractivity contribution < 1.29 is 19.4 Å². The van der Waals surface area contributed by atoms with Crippen molar-refractivity contribution in [1.82, 2.24) is 0 Å². The highest BCUT2D eigenvalue weighted by atomic mass is 16.5. The molecule has 0 saturated carbocycles. The molecule has 1 amide bonds. The number of amides is 1. The number of nitrogens with two attached hydrogens (primary N) is 1. The Labute approximate surface area is 86.5 Å². The fourth-order valence-electron chi connectivity index (χ4n) is 0.977. The number of rotatable bonds is 4. The van der Waals surface area contributed by atoms with Crippen molar-refractivity contribution in [3.8, 4) is 5.75 Å². The molecular formula is C10H11NO4. The number of aliphatic carboxylic acids is 1. The van der Waals surface area contributed by atoms with Gasteiger partial charge in [-0.2, -0.15) is 0 Å². The Balaban J connectivity index is 2.82. The molecule has 5 nitrogen and oxygen atoms in total. The molecule has 80 valence electrons. The quantitative estimate of drug-likeness (QED) is 0.761. The lowest BCUT2D eigenvalue weighted by Crippen LogP contribution is -2.23. The summed E-state index contributed by atoms with van der Waals surface area (Å²) < 4.78 is 5.06. The topological polar surface area (TPSA) is 89.6 Å². The van der Waals surface area contributed by atoms with Crippen LogP contribution in [0, 0.1) is 0 Å². The molecule has 0 spiro atoms. The minimum absolute atomic E-state index is 0.282. The third-order valence-corrected chi connectivity index (χ3v) is 1.78. The number of carboxylic acids is 1. The zero-order valence-electron chi connectivity index (χ0n) is 8.14. The highest BCUT2D eigenvalue weighted by molar-refractivity contribution is 5.93. The predicted molar refractivity (Wildman–Crippen MR) is 52.7 cm³/mol. The minimum Gasteiger partial charge on any atom is -0.479 e. The Morgan fingerprint density at radius 2 is 2.13 bits per heavy atom. The zero-order chi connectivity index (χ0) is 11.4. The first-order valence-corrected chi connectivity index (χ1v) is 4.30. The molecule has 0 aliphatic rings. The van der Waals surface area contributed by atoms with E-state index in [0.29, 0.717) is 5.75 Å². The van der Waals surface area contributed by atoms with Crippen LogP contribution in [-0.4, -0.2) is 23.1 Å². The Morgan fingerprint density at radius 3 is 2.67 bits per heavy atom. The van der Waals surface area contributed by atoms with E-state index in [1.165, 1.54) is 19.1 Å². The molecule has 0 fully saturated rings. The van der Waals surface area contributed by atoms with Gasteiger partial charge in [0.2, 0.25) is 5.91 Å². The molecule has 0 aliphatic heterocycles. The van der Waals surface area contributed by atoms with Gasteiger partial charge < -0.3 is 15.6 Å². The highest BCUT2D eigenvalue weighted by Crippen LogP contribution is 2.14. The zero-order valence-corrected chi connectivity index (χ0v) is 8.14. The van der Waals surface area contributed by atoms with Gasteiger partial charge in [-0.3, -0.25) is 4.79 Å². The molecule has 0 radical (unpaired) electrons. The minimum atomic E-state index is -1.07. The fraction of sp³-hybridized carbons (Fsp3) is 0.200. The van der Waals surface area contributed by atoms with Crippen LogP contribution in [0.5, 0.6) is 5.75 Å². The van der Waals surface area contributed by atoms with Crippen LogP contribution in [0.4, 0.5) is 0 Å². The molecule has 0 aliphatic carbocycles. The van der Waals surface area contributed by atoms with Crippen LogP contribution in [0.15, 0.2) is 24.3 Å². The Kier molecular flexibility index (Phi) is 3.28. The van der Waals surface area contributed by atoms with Gasteiger partial charge in [0.25, 0.3) is 0 Å². The van der Waals surface area contributed by atoms with Gasteiger partial charge in [-0.05, 0) is 25.1 Å². The first-order chi connectivity index (χ1) is 7.00. The number of ether oxygens (including phenoxy) is 1. The van der Waals surface area contributed by atoms with E-state index in [4.69, 9.17) is 15.6 Å². The molecule has 0 saturated heterocycles. The van der Waals surface area contributed by atoms with Crippen molar-refractivity contribution in [1.29, 1.82) is 0 Å². The van der Waals surface area contributed by atoms with E-state index in [1.54, 1.807) is 12.1 Å². The number of benzene rings is 1. The summed E-state index contributed by atoms with van der Waals surface area (Å²) in [6.07, 6.45) is -0.965. The molecule has 0 bridgehead atoms. The van der Waals surface area contributed by atoms with Gasteiger partial charge in [-0.1, -0.05) is 6.07 Å². The predicted octanol–water partition coefficient (Wildman–Crippen LogP) is 0.637. The highest BCUT2D eigenvalue weighted by Gasteiger charge is 2.12. The average molecular weight is 209 g/mol. The van der Waals surface area contributed by atoms with Crippen molar-refractivity contribution in [2.24, 2.45) is 5.73 Å². The molecule has 5 heteroatoms. The normalized spacial score (nSPS) is 11.8. The second-order valence-corrected chi connectivity index (χ2v) is 2.99. The van der Waals surface area contributed by atoms with Gasteiger partial charge in [-0.15, -0.1) is 0 Å². The number of carbonyl (C=O) groups excluding carboxylic acids is 1. The maximum atomic E-state index is 10.8. The number of carboxylic acid groups (broad SMARTS) is 1. The Bertz CT molecular complexity index is 389. The average Bonchev–Trinajstić information content (AvgIpc) is 2.18. The molecule has 1 aromatic carbocycles. The van der Waals surface area contributed by atoms with Crippen LogP contribution in [0.3, 0.4) is 0 Å². The molecule has 0 aromatic heterocycles. The van der Waals surface area contributed by atoms with E-state index in [1.807, 2.05) is 0 Å². The van der Waals surface area contributed by atoms with Gasteiger partial charge in [-0.25, -0.2) is 4.79 Å². The summed E-state index contributed by atoms with van der Waals surface area (Å²) in [5.41, 5.74) is 5.34. The van der Waals surface area contributed by atoms with Crippen molar-refractivity contribution in [2.45, 2.75) is 13.0 Å². The SMILES string of the molecule is CC(Oc1cccc(C(N)=O)c1)C(=O)O. The molecule has 1 unspecified atom stereocenters. The van der Waals surface area contributed by atoms with Gasteiger partial charge in [0, 0.05) is 5.56 Å². The van der Waals surface area contributed by atoms with E-state index in [2.05, 4.69) is 0 Å². The summed E-state index contributed by atoms with van der Waals surface area (Å²) in [5, 5.41) is 8.61. The van der Waals surface area contributed by atoms with Crippen LogP contribution in [0.2, 0.25) is 0 Å². The van der Waals surface area contributed by atoms with Gasteiger partial charge >= 0.3 is 5.97 Å². The Hall–Kier alpha value is -2.04. The number of hydrogen-bond donors (Lipinski definition) is 2. The molecule has 1 rings (SSSR count). The fourth-order valence-corrected chi connectivity index (χ4v) is 0.977. The van der Waals surface area contributed by atoms with Crippen molar-refractivity contribution >= 4 is 11.9 Å².